The largest absolute Gasteiger partial charge is 0.480 e. The van der Waals surface area contributed by atoms with Gasteiger partial charge in [-0.25, -0.2) is 4.79 Å². The van der Waals surface area contributed by atoms with Crippen LogP contribution in [0.15, 0.2) is 30.3 Å². The lowest BCUT2D eigenvalue weighted by molar-refractivity contribution is -0.149. The Kier molecular flexibility index (Phi) is 6.77. The first kappa shape index (κ1) is 20.7. The molecule has 0 radical (unpaired) electrons. The van der Waals surface area contributed by atoms with E-state index < -0.39 is 12.0 Å². The molecule has 6 heteroatoms. The zero-order chi connectivity index (χ0) is 20.1. The van der Waals surface area contributed by atoms with Crippen LogP contribution in [0.3, 0.4) is 0 Å². The summed E-state index contributed by atoms with van der Waals surface area (Å²) < 4.78 is 1.94. The van der Waals surface area contributed by atoms with E-state index in [9.17, 15) is 14.7 Å². The Morgan fingerprint density at radius 2 is 1.78 bits per heavy atom. The number of nitrogens with zero attached hydrogens (tertiary/aromatic N) is 3. The molecule has 0 saturated carbocycles. The van der Waals surface area contributed by atoms with Crippen molar-refractivity contribution in [2.24, 2.45) is 5.92 Å². The molecule has 2 aromatic rings. The van der Waals surface area contributed by atoms with Gasteiger partial charge < -0.3 is 10.0 Å². The number of hydrogen-bond acceptors (Lipinski definition) is 3. The van der Waals surface area contributed by atoms with Crippen molar-refractivity contribution >= 4 is 11.9 Å². The van der Waals surface area contributed by atoms with E-state index in [1.54, 1.807) is 6.92 Å². The molecule has 1 atom stereocenters. The molecule has 1 amide bonds. The third kappa shape index (κ3) is 5.18. The Labute approximate surface area is 160 Å². The molecule has 0 spiro atoms. The smallest absolute Gasteiger partial charge is 0.326 e. The van der Waals surface area contributed by atoms with Crippen LogP contribution in [0.1, 0.15) is 43.3 Å². The van der Waals surface area contributed by atoms with Crippen LogP contribution in [-0.4, -0.2) is 37.7 Å². The number of benzene rings is 1. The minimum absolute atomic E-state index is 0.153. The molecule has 0 saturated heterocycles. The summed E-state index contributed by atoms with van der Waals surface area (Å²) in [5.74, 6) is -0.763. The first-order valence-electron chi connectivity index (χ1n) is 9.29. The van der Waals surface area contributed by atoms with Crippen molar-refractivity contribution in [1.29, 1.82) is 0 Å². The van der Waals surface area contributed by atoms with Gasteiger partial charge in [0.2, 0.25) is 5.91 Å². The van der Waals surface area contributed by atoms with Gasteiger partial charge in [-0.2, -0.15) is 5.10 Å². The van der Waals surface area contributed by atoms with Crippen molar-refractivity contribution in [3.63, 3.8) is 0 Å². The van der Waals surface area contributed by atoms with Crippen molar-refractivity contribution in [1.82, 2.24) is 14.7 Å². The van der Waals surface area contributed by atoms with Gasteiger partial charge in [0.1, 0.15) is 6.04 Å². The topological polar surface area (TPSA) is 75.4 Å². The molecule has 0 bridgehead atoms. The maximum Gasteiger partial charge on any atom is 0.326 e. The number of hydrogen-bond donors (Lipinski definition) is 1. The first-order valence-corrected chi connectivity index (χ1v) is 9.29. The zero-order valence-corrected chi connectivity index (χ0v) is 16.8. The summed E-state index contributed by atoms with van der Waals surface area (Å²) >= 11 is 0. The van der Waals surface area contributed by atoms with Gasteiger partial charge in [0, 0.05) is 24.3 Å². The highest BCUT2D eigenvalue weighted by atomic mass is 16.4. The molecule has 27 heavy (non-hydrogen) atoms. The molecule has 1 aromatic carbocycles. The summed E-state index contributed by atoms with van der Waals surface area (Å²) in [5.41, 5.74) is 3.58. The Morgan fingerprint density at radius 3 is 2.33 bits per heavy atom. The van der Waals surface area contributed by atoms with Crippen molar-refractivity contribution in [3.8, 4) is 0 Å². The van der Waals surface area contributed by atoms with Gasteiger partial charge in [-0.3, -0.25) is 9.48 Å². The number of carboxylic acid groups (broad SMARTS) is 1. The summed E-state index contributed by atoms with van der Waals surface area (Å²) in [5, 5.41) is 14.0. The summed E-state index contributed by atoms with van der Waals surface area (Å²) in [4.78, 5) is 26.0. The fraction of sp³-hybridized carbons (Fsp3) is 0.476. The van der Waals surface area contributed by atoms with E-state index in [2.05, 4.69) is 18.9 Å². The highest BCUT2D eigenvalue weighted by Crippen LogP contribution is 2.18. The van der Waals surface area contributed by atoms with Crippen LogP contribution in [-0.2, 0) is 29.1 Å². The minimum atomic E-state index is -1.01. The second kappa shape index (κ2) is 8.84. The van der Waals surface area contributed by atoms with Crippen molar-refractivity contribution < 1.29 is 14.7 Å². The molecule has 1 aromatic heterocycles. The Morgan fingerprint density at radius 1 is 1.15 bits per heavy atom. The van der Waals surface area contributed by atoms with Crippen LogP contribution >= 0.6 is 0 Å². The number of aromatic nitrogens is 2. The van der Waals surface area contributed by atoms with Crippen molar-refractivity contribution in [2.75, 3.05) is 0 Å². The van der Waals surface area contributed by atoms with Crippen molar-refractivity contribution in [2.45, 2.75) is 60.2 Å². The number of carbonyl (C=O) groups excluding carboxylic acids is 1. The Bertz CT molecular complexity index is 797. The summed E-state index contributed by atoms with van der Waals surface area (Å²) in [6.07, 6.45) is 0.153. The van der Waals surface area contributed by atoms with Crippen LogP contribution in [0.25, 0.3) is 0 Å². The van der Waals surface area contributed by atoms with Gasteiger partial charge in [-0.05, 0) is 32.3 Å². The van der Waals surface area contributed by atoms with Gasteiger partial charge in [0.15, 0.2) is 0 Å². The van der Waals surface area contributed by atoms with E-state index >= 15 is 0 Å². The number of aliphatic carboxylic acids is 1. The zero-order valence-electron chi connectivity index (χ0n) is 16.8. The van der Waals surface area contributed by atoms with Crippen molar-refractivity contribution in [3.05, 3.63) is 52.8 Å². The highest BCUT2D eigenvalue weighted by Gasteiger charge is 2.27. The first-order chi connectivity index (χ1) is 12.7. The summed E-state index contributed by atoms with van der Waals surface area (Å²) in [7, 11) is 0. The molecule has 1 heterocycles. The molecule has 1 N–H and O–H groups in total. The molecule has 0 aliphatic rings. The molecular formula is C21H29N3O3. The van der Waals surface area contributed by atoms with E-state index in [0.717, 1.165) is 29.1 Å². The third-order valence-electron chi connectivity index (χ3n) is 4.74. The van der Waals surface area contributed by atoms with Crippen LogP contribution in [0.2, 0.25) is 0 Å². The van der Waals surface area contributed by atoms with Crippen LogP contribution in [0.5, 0.6) is 0 Å². The molecule has 0 aliphatic carbocycles. The molecule has 0 fully saturated rings. The van der Waals surface area contributed by atoms with Gasteiger partial charge in [-0.15, -0.1) is 0 Å². The number of amides is 1. The molecule has 1 unspecified atom stereocenters. The lowest BCUT2D eigenvalue weighted by Gasteiger charge is -2.27. The highest BCUT2D eigenvalue weighted by molar-refractivity contribution is 5.85. The van der Waals surface area contributed by atoms with E-state index in [-0.39, 0.29) is 18.9 Å². The molecule has 6 nitrogen and oxygen atoms in total. The van der Waals surface area contributed by atoms with E-state index in [1.807, 2.05) is 48.9 Å². The molecular weight excluding hydrogens is 342 g/mol. The predicted molar refractivity (Wildman–Crippen MR) is 104 cm³/mol. The second-order valence-corrected chi connectivity index (χ2v) is 7.42. The monoisotopic (exact) mass is 371 g/mol. The molecule has 0 aliphatic heterocycles. The maximum absolute atomic E-state index is 13.0. The van der Waals surface area contributed by atoms with Gasteiger partial charge in [0.25, 0.3) is 0 Å². The maximum atomic E-state index is 13.0. The number of rotatable bonds is 8. The Balaban J connectivity index is 2.25. The summed E-state index contributed by atoms with van der Waals surface area (Å²) in [6.45, 7) is 10.7. The third-order valence-corrected chi connectivity index (χ3v) is 4.74. The average molecular weight is 371 g/mol. The average Bonchev–Trinajstić information content (AvgIpc) is 2.86. The van der Waals surface area contributed by atoms with Gasteiger partial charge in [-0.1, -0.05) is 44.2 Å². The van der Waals surface area contributed by atoms with Crippen LogP contribution in [0.4, 0.5) is 0 Å². The SMILES string of the molecule is Cc1nn(CC(C)C)c(C)c1CC(=O)N(Cc1ccccc1)C(C)C(=O)O. The van der Waals surface area contributed by atoms with Crippen LogP contribution < -0.4 is 0 Å². The lowest BCUT2D eigenvalue weighted by atomic mass is 10.1. The lowest BCUT2D eigenvalue weighted by Crippen LogP contribution is -2.43. The minimum Gasteiger partial charge on any atom is -0.480 e. The normalized spacial score (nSPS) is 12.2. The number of carboxylic acids is 1. The van der Waals surface area contributed by atoms with Gasteiger partial charge in [0.05, 0.1) is 12.1 Å². The quantitative estimate of drug-likeness (QED) is 0.773. The van der Waals surface area contributed by atoms with E-state index in [4.69, 9.17) is 0 Å². The number of carbonyl (C=O) groups is 2. The van der Waals surface area contributed by atoms with E-state index in [1.165, 1.54) is 4.90 Å². The standard InChI is InChI=1S/C21H29N3O3/c1-14(2)12-24-16(4)19(15(3)22-24)11-20(25)23(17(5)21(26)27)13-18-9-7-6-8-10-18/h6-10,14,17H,11-13H2,1-5H3,(H,26,27). The summed E-state index contributed by atoms with van der Waals surface area (Å²) in [6, 6.07) is 8.55. The fourth-order valence-corrected chi connectivity index (χ4v) is 3.12. The second-order valence-electron chi connectivity index (χ2n) is 7.42. The van der Waals surface area contributed by atoms with E-state index in [0.29, 0.717) is 5.92 Å². The Hall–Kier alpha value is -2.63. The molecule has 146 valence electrons. The fourth-order valence-electron chi connectivity index (χ4n) is 3.12. The number of aryl methyl sites for hydroxylation is 1. The molecule has 2 rings (SSSR count). The van der Waals surface area contributed by atoms with Crippen LogP contribution in [0, 0.1) is 19.8 Å². The predicted octanol–water partition coefficient (Wildman–Crippen LogP) is 3.20. The van der Waals surface area contributed by atoms with Gasteiger partial charge >= 0.3 is 5.97 Å².